The molecule has 0 heterocycles. The van der Waals surface area contributed by atoms with Crippen LogP contribution in [-0.2, 0) is 9.59 Å². The Labute approximate surface area is 188 Å². The Hall–Kier alpha value is 0.420. The van der Waals surface area contributed by atoms with E-state index in [0.717, 1.165) is 0 Å². The second kappa shape index (κ2) is 7.28. The number of hydrogen-bond acceptors (Lipinski definition) is 4. The molecular formula is C17H18Cl6O4-2. The predicted molar refractivity (Wildman–Crippen MR) is 104 cm³/mol. The first-order chi connectivity index (χ1) is 12.3. The number of allylic oxidation sites excluding steroid dienone is 2. The van der Waals surface area contributed by atoms with Gasteiger partial charge < -0.3 is 19.8 Å². The SMILES string of the molecule is CCCCC1(C(=O)[O-])C(CCCC)(C(=O)[O-])[C@@]2(Cl)C(Cl)=C(Cl)[C@]1(Cl)C2(Cl)Cl. The van der Waals surface area contributed by atoms with Crippen molar-refractivity contribution in [3.05, 3.63) is 10.1 Å². The van der Waals surface area contributed by atoms with Gasteiger partial charge in [0.1, 0.15) is 9.75 Å². The normalized spacial score (nSPS) is 39.9. The van der Waals surface area contributed by atoms with E-state index in [9.17, 15) is 19.8 Å². The van der Waals surface area contributed by atoms with Crippen molar-refractivity contribution in [1.29, 1.82) is 0 Å². The van der Waals surface area contributed by atoms with Gasteiger partial charge in [-0.15, -0.1) is 23.2 Å². The van der Waals surface area contributed by atoms with Gasteiger partial charge in [0.2, 0.25) is 0 Å². The van der Waals surface area contributed by atoms with Gasteiger partial charge in [0.05, 0.1) is 32.8 Å². The molecule has 0 saturated heterocycles. The smallest absolute Gasteiger partial charge is 0.168 e. The monoisotopic (exact) mass is 496 g/mol. The molecule has 2 bridgehead atoms. The molecule has 2 unspecified atom stereocenters. The van der Waals surface area contributed by atoms with E-state index in [0.29, 0.717) is 25.7 Å². The lowest BCUT2D eigenvalue weighted by molar-refractivity contribution is -0.346. The van der Waals surface area contributed by atoms with E-state index in [4.69, 9.17) is 69.6 Å². The van der Waals surface area contributed by atoms with Crippen LogP contribution in [-0.4, -0.2) is 26.0 Å². The van der Waals surface area contributed by atoms with E-state index >= 15 is 0 Å². The molecule has 4 nitrogen and oxygen atoms in total. The van der Waals surface area contributed by atoms with E-state index in [1.165, 1.54) is 0 Å². The molecule has 4 atom stereocenters. The van der Waals surface area contributed by atoms with Crippen LogP contribution < -0.4 is 10.2 Å². The van der Waals surface area contributed by atoms with Gasteiger partial charge in [-0.3, -0.25) is 0 Å². The number of carbonyl (C=O) groups is 2. The van der Waals surface area contributed by atoms with Gasteiger partial charge in [-0.25, -0.2) is 0 Å². The van der Waals surface area contributed by atoms with Gasteiger partial charge in [-0.1, -0.05) is 85.9 Å². The predicted octanol–water partition coefficient (Wildman–Crippen LogP) is 3.68. The quantitative estimate of drug-likeness (QED) is 0.478. The number of carboxylic acid groups (broad SMARTS) is 2. The highest BCUT2D eigenvalue weighted by molar-refractivity contribution is 6.67. The Morgan fingerprint density at radius 1 is 0.778 bits per heavy atom. The van der Waals surface area contributed by atoms with Crippen LogP contribution in [0.4, 0.5) is 0 Å². The lowest BCUT2D eigenvalue weighted by atomic mass is 9.53. The van der Waals surface area contributed by atoms with Crippen LogP contribution in [0.5, 0.6) is 0 Å². The van der Waals surface area contributed by atoms with Gasteiger partial charge in [0, 0.05) is 0 Å². The molecule has 0 spiro atoms. The maximum atomic E-state index is 12.6. The van der Waals surface area contributed by atoms with Crippen LogP contribution >= 0.6 is 69.6 Å². The molecule has 0 N–H and O–H groups in total. The summed E-state index contributed by atoms with van der Waals surface area (Å²) in [5.41, 5.74) is -4.65. The molecule has 27 heavy (non-hydrogen) atoms. The van der Waals surface area contributed by atoms with Gasteiger partial charge >= 0.3 is 0 Å². The van der Waals surface area contributed by atoms with E-state index in [2.05, 4.69) is 0 Å². The lowest BCUT2D eigenvalue weighted by Gasteiger charge is -2.57. The molecule has 0 aromatic carbocycles. The van der Waals surface area contributed by atoms with E-state index in [1.807, 2.05) is 0 Å². The third-order valence-corrected chi connectivity index (χ3v) is 10.4. The van der Waals surface area contributed by atoms with Crippen LogP contribution in [0, 0.1) is 10.8 Å². The molecule has 0 aromatic heterocycles. The molecule has 1 fully saturated rings. The van der Waals surface area contributed by atoms with Crippen molar-refractivity contribution in [1.82, 2.24) is 0 Å². The summed E-state index contributed by atoms with van der Waals surface area (Å²) in [5, 5.41) is 24.5. The maximum absolute atomic E-state index is 12.6. The minimum atomic E-state index is -2.33. The first-order valence-corrected chi connectivity index (χ1v) is 10.8. The minimum absolute atomic E-state index is 0.219. The Morgan fingerprint density at radius 3 is 1.30 bits per heavy atom. The molecule has 0 radical (unpaired) electrons. The summed E-state index contributed by atoms with van der Waals surface area (Å²) >= 11 is 39.2. The van der Waals surface area contributed by atoms with Gasteiger partial charge in [-0.2, -0.15) is 0 Å². The zero-order valence-electron chi connectivity index (χ0n) is 14.6. The molecule has 0 aliphatic heterocycles. The van der Waals surface area contributed by atoms with Crippen LogP contribution in [0.2, 0.25) is 0 Å². The van der Waals surface area contributed by atoms with Crippen molar-refractivity contribution in [3.8, 4) is 0 Å². The van der Waals surface area contributed by atoms with Crippen LogP contribution in [0.15, 0.2) is 10.1 Å². The first-order valence-electron chi connectivity index (χ1n) is 8.57. The van der Waals surface area contributed by atoms with Crippen LogP contribution in [0.1, 0.15) is 52.4 Å². The van der Waals surface area contributed by atoms with E-state index < -0.39 is 36.9 Å². The number of carboxylic acids is 2. The zero-order valence-corrected chi connectivity index (χ0v) is 19.2. The second-order valence-electron chi connectivity index (χ2n) is 7.11. The number of halogens is 6. The molecule has 2 aliphatic rings. The average Bonchev–Trinajstić information content (AvgIpc) is 2.76. The zero-order chi connectivity index (χ0) is 21.1. The summed E-state index contributed by atoms with van der Waals surface area (Å²) in [7, 11) is 0. The number of carbonyl (C=O) groups excluding carboxylic acids is 2. The highest BCUT2D eigenvalue weighted by Crippen LogP contribution is 2.85. The fourth-order valence-electron chi connectivity index (χ4n) is 4.80. The third kappa shape index (κ3) is 2.26. The van der Waals surface area contributed by atoms with E-state index in [-0.39, 0.29) is 22.9 Å². The summed E-state index contributed by atoms with van der Waals surface area (Å²) in [4.78, 5) is 20.6. The number of rotatable bonds is 8. The first kappa shape index (κ1) is 23.7. The minimum Gasteiger partial charge on any atom is -0.549 e. The van der Waals surface area contributed by atoms with Crippen molar-refractivity contribution >= 4 is 81.5 Å². The second-order valence-corrected chi connectivity index (χ2v) is 10.3. The molecule has 0 aromatic rings. The van der Waals surface area contributed by atoms with Gasteiger partial charge in [-0.05, 0) is 12.8 Å². The van der Waals surface area contributed by atoms with Crippen LogP contribution in [0.25, 0.3) is 0 Å². The molecule has 10 heteroatoms. The third-order valence-electron chi connectivity index (χ3n) is 6.08. The van der Waals surface area contributed by atoms with Crippen molar-refractivity contribution in [2.24, 2.45) is 10.8 Å². The van der Waals surface area contributed by atoms with Crippen LogP contribution in [0.3, 0.4) is 0 Å². The van der Waals surface area contributed by atoms with Gasteiger partial charge in [0.25, 0.3) is 0 Å². The van der Waals surface area contributed by atoms with Crippen molar-refractivity contribution in [3.63, 3.8) is 0 Å². The number of fused-ring (bicyclic) bond motifs is 2. The van der Waals surface area contributed by atoms with E-state index in [1.54, 1.807) is 13.8 Å². The molecular weight excluding hydrogens is 481 g/mol. The number of hydrogen-bond donors (Lipinski definition) is 0. The number of alkyl halides is 4. The molecule has 1 saturated carbocycles. The summed E-state index contributed by atoms with van der Waals surface area (Å²) in [6.45, 7) is 3.61. The van der Waals surface area contributed by atoms with Crippen molar-refractivity contribution in [2.45, 2.75) is 66.5 Å². The molecule has 0 amide bonds. The largest absolute Gasteiger partial charge is 0.549 e. The summed E-state index contributed by atoms with van der Waals surface area (Å²) in [6.07, 6.45) is 1.23. The Kier molecular flexibility index (Phi) is 6.39. The molecule has 2 aliphatic carbocycles. The fraction of sp³-hybridized carbons (Fsp3) is 0.765. The highest BCUT2D eigenvalue weighted by atomic mass is 35.5. The van der Waals surface area contributed by atoms with Gasteiger partial charge in [0.15, 0.2) is 4.33 Å². The topological polar surface area (TPSA) is 80.3 Å². The average molecular weight is 499 g/mol. The summed E-state index contributed by atoms with van der Waals surface area (Å²) < 4.78 is -2.33. The number of aliphatic carboxylic acids is 2. The van der Waals surface area contributed by atoms with Crippen molar-refractivity contribution < 1.29 is 19.8 Å². The van der Waals surface area contributed by atoms with Crippen molar-refractivity contribution in [2.75, 3.05) is 0 Å². The standard InChI is InChI=1S/C17H20Cl6O4/c1-3-5-7-13(11(24)25)14(12(26)27,8-6-4-2)16(21)10(19)9(18)15(13,20)17(16,22)23/h3-8H2,1-2H3,(H,24,25)(H,26,27)/p-2/t13?,14?,15-,16+. The fourth-order valence-corrected chi connectivity index (χ4v) is 8.19. The Balaban J connectivity index is 3.06. The Bertz CT molecular complexity index is 654. The lowest BCUT2D eigenvalue weighted by Crippen LogP contribution is -2.69. The maximum Gasteiger partial charge on any atom is 0.168 e. The summed E-state index contributed by atoms with van der Waals surface area (Å²) in [6, 6.07) is 0. The molecule has 2 rings (SSSR count). The highest BCUT2D eigenvalue weighted by Gasteiger charge is 2.92. The summed E-state index contributed by atoms with van der Waals surface area (Å²) in [5.74, 6) is -3.50. The number of unbranched alkanes of at least 4 members (excludes halogenated alkanes) is 2. The molecule has 154 valence electrons. The Morgan fingerprint density at radius 2 is 1.07 bits per heavy atom.